The summed E-state index contributed by atoms with van der Waals surface area (Å²) in [7, 11) is 3.96. The Morgan fingerprint density at radius 3 is 2.77 bits per heavy atom. The van der Waals surface area contributed by atoms with Gasteiger partial charge in [0.25, 0.3) is 5.91 Å². The second-order valence-corrected chi connectivity index (χ2v) is 6.16. The van der Waals surface area contributed by atoms with E-state index in [1.165, 1.54) is 0 Å². The number of ether oxygens (including phenoxy) is 2. The van der Waals surface area contributed by atoms with Crippen LogP contribution in [0.2, 0.25) is 0 Å². The van der Waals surface area contributed by atoms with Crippen molar-refractivity contribution in [1.29, 1.82) is 0 Å². The predicted molar refractivity (Wildman–Crippen MR) is 85.4 cm³/mol. The van der Waals surface area contributed by atoms with E-state index < -0.39 is 0 Å². The van der Waals surface area contributed by atoms with Crippen LogP contribution in [0.25, 0.3) is 0 Å². The molecule has 2 saturated heterocycles. The molecule has 0 aliphatic carbocycles. The average Bonchev–Trinajstić information content (AvgIpc) is 3.09. The number of rotatable bonds is 3. The van der Waals surface area contributed by atoms with Crippen molar-refractivity contribution >= 4 is 11.6 Å². The second-order valence-electron chi connectivity index (χ2n) is 6.16. The number of carbonyl (C=O) groups is 1. The Morgan fingerprint density at radius 1 is 1.23 bits per heavy atom. The molecule has 1 aromatic rings. The van der Waals surface area contributed by atoms with Gasteiger partial charge in [-0.1, -0.05) is 6.07 Å². The molecule has 2 aliphatic rings. The smallest absolute Gasteiger partial charge is 0.254 e. The van der Waals surface area contributed by atoms with Gasteiger partial charge in [-0.25, -0.2) is 0 Å². The molecule has 1 amide bonds. The van der Waals surface area contributed by atoms with E-state index in [0.717, 1.165) is 30.7 Å². The minimum atomic E-state index is 0.0113. The molecule has 0 aromatic heterocycles. The minimum Gasteiger partial charge on any atom is -0.378 e. The fraction of sp³-hybridized carbons (Fsp3) is 0.588. The van der Waals surface area contributed by atoms with Crippen LogP contribution in [0.15, 0.2) is 24.3 Å². The molecule has 3 rings (SSSR count). The van der Waals surface area contributed by atoms with Crippen LogP contribution in [0, 0.1) is 0 Å². The molecule has 2 fully saturated rings. The normalized spacial score (nSPS) is 25.3. The van der Waals surface area contributed by atoms with E-state index in [-0.39, 0.29) is 18.1 Å². The third kappa shape index (κ3) is 3.25. The summed E-state index contributed by atoms with van der Waals surface area (Å²) in [6.07, 6.45) is 2.27. The number of hydrogen-bond acceptors (Lipinski definition) is 4. The largest absolute Gasteiger partial charge is 0.378 e. The third-order valence-electron chi connectivity index (χ3n) is 4.37. The maximum Gasteiger partial charge on any atom is 0.254 e. The number of nitrogens with zero attached hydrogens (tertiary/aromatic N) is 2. The Kier molecular flexibility index (Phi) is 4.64. The molecule has 2 atom stereocenters. The van der Waals surface area contributed by atoms with E-state index >= 15 is 0 Å². The molecule has 5 heteroatoms. The molecule has 0 spiro atoms. The quantitative estimate of drug-likeness (QED) is 0.853. The number of morpholine rings is 1. The Balaban J connectivity index is 1.69. The minimum absolute atomic E-state index is 0.0113. The van der Waals surface area contributed by atoms with Gasteiger partial charge in [-0.3, -0.25) is 4.79 Å². The van der Waals surface area contributed by atoms with Gasteiger partial charge in [0.05, 0.1) is 12.7 Å². The van der Waals surface area contributed by atoms with Gasteiger partial charge in [-0.2, -0.15) is 0 Å². The zero-order valence-electron chi connectivity index (χ0n) is 13.3. The first kappa shape index (κ1) is 15.3. The number of amides is 1. The molecule has 2 heterocycles. The predicted octanol–water partition coefficient (Wildman–Crippen LogP) is 1.77. The zero-order valence-corrected chi connectivity index (χ0v) is 13.3. The van der Waals surface area contributed by atoms with Crippen LogP contribution in [0.3, 0.4) is 0 Å². The SMILES string of the molecule is CN(C)c1cccc(C(=O)N2CCO[C@@H]([C@H]3CCCO3)C2)c1. The number of benzene rings is 1. The summed E-state index contributed by atoms with van der Waals surface area (Å²) in [5, 5.41) is 0. The van der Waals surface area contributed by atoms with Crippen LogP contribution in [0.5, 0.6) is 0 Å². The second kappa shape index (κ2) is 6.67. The van der Waals surface area contributed by atoms with Gasteiger partial charge in [0.1, 0.15) is 6.10 Å². The highest BCUT2D eigenvalue weighted by Gasteiger charge is 2.33. The first-order valence-corrected chi connectivity index (χ1v) is 7.95. The van der Waals surface area contributed by atoms with Crippen molar-refractivity contribution < 1.29 is 14.3 Å². The molecule has 2 aliphatic heterocycles. The van der Waals surface area contributed by atoms with Gasteiger partial charge < -0.3 is 19.3 Å². The molecule has 120 valence electrons. The first-order chi connectivity index (χ1) is 10.6. The van der Waals surface area contributed by atoms with Crippen LogP contribution in [-0.2, 0) is 9.47 Å². The van der Waals surface area contributed by atoms with Crippen molar-refractivity contribution in [1.82, 2.24) is 4.90 Å². The van der Waals surface area contributed by atoms with Crippen molar-refractivity contribution in [3.8, 4) is 0 Å². The molecule has 5 nitrogen and oxygen atoms in total. The lowest BCUT2D eigenvalue weighted by molar-refractivity contribution is -0.0867. The fourth-order valence-corrected chi connectivity index (χ4v) is 3.08. The van der Waals surface area contributed by atoms with Gasteiger partial charge in [0.2, 0.25) is 0 Å². The van der Waals surface area contributed by atoms with Crippen molar-refractivity contribution in [3.05, 3.63) is 29.8 Å². The maximum absolute atomic E-state index is 12.7. The van der Waals surface area contributed by atoms with E-state index in [1.807, 2.05) is 48.2 Å². The van der Waals surface area contributed by atoms with Gasteiger partial charge in [-0.05, 0) is 31.0 Å². The summed E-state index contributed by atoms with van der Waals surface area (Å²) in [4.78, 5) is 16.6. The summed E-state index contributed by atoms with van der Waals surface area (Å²) < 4.78 is 11.5. The number of carbonyl (C=O) groups excluding carboxylic acids is 1. The van der Waals surface area contributed by atoms with E-state index in [4.69, 9.17) is 9.47 Å². The number of anilines is 1. The molecule has 0 bridgehead atoms. The number of hydrogen-bond donors (Lipinski definition) is 0. The molecule has 1 aromatic carbocycles. The summed E-state index contributed by atoms with van der Waals surface area (Å²) in [6.45, 7) is 2.66. The van der Waals surface area contributed by atoms with Gasteiger partial charge in [-0.15, -0.1) is 0 Å². The Morgan fingerprint density at radius 2 is 2.05 bits per heavy atom. The molecule has 0 saturated carbocycles. The van der Waals surface area contributed by atoms with Crippen molar-refractivity contribution in [2.24, 2.45) is 0 Å². The molecule has 0 N–H and O–H groups in total. The standard InChI is InChI=1S/C17H24N2O3/c1-18(2)14-6-3-5-13(11-14)17(20)19-8-10-22-16(12-19)15-7-4-9-21-15/h3,5-6,11,15-16H,4,7-10,12H2,1-2H3/t15-,16-/m1/s1. The molecule has 22 heavy (non-hydrogen) atoms. The summed E-state index contributed by atoms with van der Waals surface area (Å²) in [6, 6.07) is 7.76. The van der Waals surface area contributed by atoms with Crippen LogP contribution >= 0.6 is 0 Å². The molecule has 0 radical (unpaired) electrons. The van der Waals surface area contributed by atoms with Crippen LogP contribution in [-0.4, -0.2) is 63.4 Å². The van der Waals surface area contributed by atoms with E-state index in [9.17, 15) is 4.79 Å². The van der Waals surface area contributed by atoms with Crippen molar-refractivity contribution in [2.75, 3.05) is 45.3 Å². The zero-order chi connectivity index (χ0) is 15.5. The fourth-order valence-electron chi connectivity index (χ4n) is 3.08. The monoisotopic (exact) mass is 304 g/mol. The lowest BCUT2D eigenvalue weighted by Crippen LogP contribution is -2.49. The van der Waals surface area contributed by atoms with Crippen LogP contribution < -0.4 is 4.90 Å². The van der Waals surface area contributed by atoms with Crippen LogP contribution in [0.4, 0.5) is 5.69 Å². The average molecular weight is 304 g/mol. The summed E-state index contributed by atoms with van der Waals surface area (Å²) >= 11 is 0. The Bertz CT molecular complexity index is 526. The maximum atomic E-state index is 12.7. The third-order valence-corrected chi connectivity index (χ3v) is 4.37. The topological polar surface area (TPSA) is 42.0 Å². The van der Waals surface area contributed by atoms with E-state index in [2.05, 4.69) is 0 Å². The highest BCUT2D eigenvalue weighted by Crippen LogP contribution is 2.22. The summed E-state index contributed by atoms with van der Waals surface area (Å²) in [5.74, 6) is 0.0787. The first-order valence-electron chi connectivity index (χ1n) is 7.95. The molecule has 0 unspecified atom stereocenters. The lowest BCUT2D eigenvalue weighted by Gasteiger charge is -2.35. The van der Waals surface area contributed by atoms with Gasteiger partial charge in [0.15, 0.2) is 0 Å². The Labute approximate surface area is 131 Å². The molecular weight excluding hydrogens is 280 g/mol. The van der Waals surface area contributed by atoms with Gasteiger partial charge >= 0.3 is 0 Å². The van der Waals surface area contributed by atoms with E-state index in [1.54, 1.807) is 0 Å². The van der Waals surface area contributed by atoms with Crippen molar-refractivity contribution in [2.45, 2.75) is 25.0 Å². The molecular formula is C17H24N2O3. The van der Waals surface area contributed by atoms with Crippen LogP contribution in [0.1, 0.15) is 23.2 Å². The van der Waals surface area contributed by atoms with Crippen molar-refractivity contribution in [3.63, 3.8) is 0 Å². The van der Waals surface area contributed by atoms with Gasteiger partial charge in [0, 0.05) is 45.0 Å². The highest BCUT2D eigenvalue weighted by molar-refractivity contribution is 5.95. The summed E-state index contributed by atoms with van der Waals surface area (Å²) in [5.41, 5.74) is 1.77. The Hall–Kier alpha value is -1.59. The van der Waals surface area contributed by atoms with E-state index in [0.29, 0.717) is 19.7 Å². The highest BCUT2D eigenvalue weighted by atomic mass is 16.5. The lowest BCUT2D eigenvalue weighted by atomic mass is 10.1.